The number of hydrogen-bond donors (Lipinski definition) is 1. The van der Waals surface area contributed by atoms with E-state index in [1.54, 1.807) is 0 Å². The Morgan fingerprint density at radius 3 is 2.82 bits per heavy atom. The minimum absolute atomic E-state index is 0.0537. The number of likely N-dealkylation sites (tertiary alicyclic amines) is 1. The fourth-order valence-electron chi connectivity index (χ4n) is 2.54. The van der Waals surface area contributed by atoms with Gasteiger partial charge in [0.05, 0.1) is 6.61 Å². The Balaban J connectivity index is 2.36. The molecule has 1 N–H and O–H groups in total. The topological polar surface area (TPSA) is 41.6 Å². The van der Waals surface area contributed by atoms with E-state index in [0.29, 0.717) is 25.0 Å². The van der Waals surface area contributed by atoms with Crippen molar-refractivity contribution in [3.05, 3.63) is 0 Å². The number of nitrogens with zero attached hydrogens (tertiary/aromatic N) is 1. The summed E-state index contributed by atoms with van der Waals surface area (Å²) >= 11 is 0. The van der Waals surface area contributed by atoms with Crippen molar-refractivity contribution in [2.45, 2.75) is 39.2 Å². The monoisotopic (exact) mass is 242 g/mol. The van der Waals surface area contributed by atoms with Crippen LogP contribution in [0.3, 0.4) is 0 Å². The molecule has 1 saturated heterocycles. The van der Waals surface area contributed by atoms with Crippen LogP contribution in [0.15, 0.2) is 0 Å². The molecule has 1 aliphatic rings. The number of piperidine rings is 1. The molecule has 0 radical (unpaired) electrons. The van der Waals surface area contributed by atoms with Gasteiger partial charge in [-0.15, -0.1) is 0 Å². The van der Waals surface area contributed by atoms with Gasteiger partial charge in [0.15, 0.2) is 0 Å². The molecule has 0 aromatic rings. The summed E-state index contributed by atoms with van der Waals surface area (Å²) in [6, 6.07) is 0.521. The van der Waals surface area contributed by atoms with Crippen LogP contribution in [0, 0.1) is 5.92 Å². The van der Waals surface area contributed by atoms with E-state index in [2.05, 4.69) is 24.2 Å². The lowest BCUT2D eigenvalue weighted by Crippen LogP contribution is -2.48. The second kappa shape index (κ2) is 7.67. The highest BCUT2D eigenvalue weighted by molar-refractivity contribution is 5.69. The molecule has 1 aliphatic heterocycles. The Labute approximate surface area is 105 Å². The normalized spacial score (nSPS) is 25.8. The lowest BCUT2D eigenvalue weighted by molar-refractivity contribution is -0.144. The molecule has 0 aromatic carbocycles. The van der Waals surface area contributed by atoms with E-state index in [1.165, 1.54) is 0 Å². The van der Waals surface area contributed by atoms with Crippen LogP contribution in [0.1, 0.15) is 33.1 Å². The second-order valence-electron chi connectivity index (χ2n) is 4.98. The van der Waals surface area contributed by atoms with Crippen LogP contribution < -0.4 is 5.32 Å². The van der Waals surface area contributed by atoms with Crippen molar-refractivity contribution in [1.29, 1.82) is 0 Å². The van der Waals surface area contributed by atoms with Crippen molar-refractivity contribution in [3.63, 3.8) is 0 Å². The number of hydrogen-bond acceptors (Lipinski definition) is 4. The van der Waals surface area contributed by atoms with Crippen LogP contribution in [0.4, 0.5) is 0 Å². The standard InChI is InChI=1S/C13H26N2O2/c1-4-6-14-12-7-11(9-15(3)10-12)8-13(16)17-5-2/h11-12,14H,4-10H2,1-3H3. The summed E-state index contributed by atoms with van der Waals surface area (Å²) in [4.78, 5) is 13.8. The molecule has 0 amide bonds. The molecule has 0 saturated carbocycles. The number of nitrogens with one attached hydrogen (secondary N) is 1. The van der Waals surface area contributed by atoms with E-state index < -0.39 is 0 Å². The molecule has 0 aliphatic carbocycles. The first-order valence-corrected chi connectivity index (χ1v) is 6.73. The molecule has 0 aromatic heterocycles. The number of ether oxygens (including phenoxy) is 1. The van der Waals surface area contributed by atoms with Crippen LogP contribution in [0.25, 0.3) is 0 Å². The van der Waals surface area contributed by atoms with Gasteiger partial charge in [-0.25, -0.2) is 0 Å². The number of esters is 1. The number of rotatable bonds is 6. The molecular weight excluding hydrogens is 216 g/mol. The molecule has 100 valence electrons. The van der Waals surface area contributed by atoms with Gasteiger partial charge in [-0.05, 0) is 39.3 Å². The number of carbonyl (C=O) groups is 1. The summed E-state index contributed by atoms with van der Waals surface area (Å²) in [5.74, 6) is 0.379. The third-order valence-corrected chi connectivity index (χ3v) is 3.16. The fourth-order valence-corrected chi connectivity index (χ4v) is 2.54. The minimum Gasteiger partial charge on any atom is -0.466 e. The third kappa shape index (κ3) is 5.50. The van der Waals surface area contributed by atoms with E-state index >= 15 is 0 Å². The van der Waals surface area contributed by atoms with Gasteiger partial charge in [-0.1, -0.05) is 6.92 Å². The molecule has 17 heavy (non-hydrogen) atoms. The van der Waals surface area contributed by atoms with Gasteiger partial charge in [-0.3, -0.25) is 4.79 Å². The maximum Gasteiger partial charge on any atom is 0.306 e. The molecule has 1 fully saturated rings. The van der Waals surface area contributed by atoms with E-state index in [4.69, 9.17) is 4.74 Å². The molecule has 4 heteroatoms. The summed E-state index contributed by atoms with van der Waals surface area (Å²) < 4.78 is 5.02. The van der Waals surface area contributed by atoms with E-state index in [-0.39, 0.29) is 5.97 Å². The van der Waals surface area contributed by atoms with Crippen molar-refractivity contribution >= 4 is 5.97 Å². The van der Waals surface area contributed by atoms with Crippen molar-refractivity contribution in [2.75, 3.05) is 33.3 Å². The highest BCUT2D eigenvalue weighted by Crippen LogP contribution is 2.19. The Morgan fingerprint density at radius 1 is 1.41 bits per heavy atom. The Morgan fingerprint density at radius 2 is 2.18 bits per heavy atom. The molecule has 2 unspecified atom stereocenters. The van der Waals surface area contributed by atoms with Crippen LogP contribution in [-0.4, -0.2) is 50.2 Å². The predicted octanol–water partition coefficient (Wildman–Crippen LogP) is 1.26. The smallest absolute Gasteiger partial charge is 0.306 e. The zero-order valence-electron chi connectivity index (χ0n) is 11.4. The van der Waals surface area contributed by atoms with Gasteiger partial charge in [0, 0.05) is 25.6 Å². The Hall–Kier alpha value is -0.610. The zero-order valence-corrected chi connectivity index (χ0v) is 11.4. The molecular formula is C13H26N2O2. The summed E-state index contributed by atoms with van der Waals surface area (Å²) in [6.45, 7) is 7.66. The largest absolute Gasteiger partial charge is 0.466 e. The van der Waals surface area contributed by atoms with E-state index in [1.807, 2.05) is 6.92 Å². The van der Waals surface area contributed by atoms with Gasteiger partial charge in [0.2, 0.25) is 0 Å². The van der Waals surface area contributed by atoms with E-state index in [0.717, 1.165) is 32.5 Å². The maximum absolute atomic E-state index is 11.5. The first-order valence-electron chi connectivity index (χ1n) is 6.73. The zero-order chi connectivity index (χ0) is 12.7. The van der Waals surface area contributed by atoms with Crippen LogP contribution in [-0.2, 0) is 9.53 Å². The molecule has 0 spiro atoms. The van der Waals surface area contributed by atoms with Crippen LogP contribution >= 0.6 is 0 Å². The van der Waals surface area contributed by atoms with Crippen molar-refractivity contribution in [3.8, 4) is 0 Å². The van der Waals surface area contributed by atoms with E-state index in [9.17, 15) is 4.79 Å². The average Bonchev–Trinajstić information content (AvgIpc) is 2.25. The molecule has 1 rings (SSSR count). The lowest BCUT2D eigenvalue weighted by atomic mass is 9.92. The van der Waals surface area contributed by atoms with Gasteiger partial charge >= 0.3 is 5.97 Å². The summed E-state index contributed by atoms with van der Waals surface area (Å²) in [7, 11) is 2.12. The summed E-state index contributed by atoms with van der Waals surface area (Å²) in [5.41, 5.74) is 0. The number of likely N-dealkylation sites (N-methyl/N-ethyl adjacent to an activating group) is 1. The highest BCUT2D eigenvalue weighted by atomic mass is 16.5. The van der Waals surface area contributed by atoms with Crippen molar-refractivity contribution < 1.29 is 9.53 Å². The van der Waals surface area contributed by atoms with Gasteiger partial charge in [-0.2, -0.15) is 0 Å². The van der Waals surface area contributed by atoms with Gasteiger partial charge < -0.3 is 15.0 Å². The van der Waals surface area contributed by atoms with Gasteiger partial charge in [0.1, 0.15) is 0 Å². The summed E-state index contributed by atoms with van der Waals surface area (Å²) in [6.07, 6.45) is 2.80. The van der Waals surface area contributed by atoms with Crippen molar-refractivity contribution in [1.82, 2.24) is 10.2 Å². The average molecular weight is 242 g/mol. The lowest BCUT2D eigenvalue weighted by Gasteiger charge is -2.35. The fraction of sp³-hybridized carbons (Fsp3) is 0.923. The Bertz CT molecular complexity index is 233. The molecule has 4 nitrogen and oxygen atoms in total. The molecule has 2 atom stereocenters. The second-order valence-corrected chi connectivity index (χ2v) is 4.98. The van der Waals surface area contributed by atoms with Gasteiger partial charge in [0.25, 0.3) is 0 Å². The molecule has 0 bridgehead atoms. The molecule has 1 heterocycles. The SMILES string of the molecule is CCCNC1CC(CC(=O)OCC)CN(C)C1. The quantitative estimate of drug-likeness (QED) is 0.712. The maximum atomic E-state index is 11.5. The third-order valence-electron chi connectivity index (χ3n) is 3.16. The van der Waals surface area contributed by atoms with Crippen molar-refractivity contribution in [2.24, 2.45) is 5.92 Å². The van der Waals surface area contributed by atoms with Crippen LogP contribution in [0.5, 0.6) is 0 Å². The Kier molecular flexibility index (Phi) is 6.52. The number of carbonyl (C=O) groups excluding carboxylic acids is 1. The minimum atomic E-state index is -0.0537. The highest BCUT2D eigenvalue weighted by Gasteiger charge is 2.26. The predicted molar refractivity (Wildman–Crippen MR) is 68.9 cm³/mol. The first-order chi connectivity index (χ1) is 8.15. The van der Waals surface area contributed by atoms with Crippen LogP contribution in [0.2, 0.25) is 0 Å². The first kappa shape index (κ1) is 14.5. The summed E-state index contributed by atoms with van der Waals surface area (Å²) in [5, 5.41) is 3.54.